The van der Waals surface area contributed by atoms with Gasteiger partial charge < -0.3 is 20.6 Å². The molecule has 2 aromatic rings. The number of nitrogens with one attached hydrogen (secondary N) is 2. The Balaban J connectivity index is 1.58. The number of anilines is 3. The van der Waals surface area contributed by atoms with Crippen LogP contribution in [0, 0.1) is 29.5 Å². The molecule has 0 spiro atoms. The van der Waals surface area contributed by atoms with Gasteiger partial charge in [0.25, 0.3) is 0 Å². The van der Waals surface area contributed by atoms with Gasteiger partial charge in [-0.05, 0) is 48.3 Å². The van der Waals surface area contributed by atoms with Crippen LogP contribution in [0.3, 0.4) is 0 Å². The molecule has 1 aliphatic heterocycles. The predicted octanol–water partition coefficient (Wildman–Crippen LogP) is 2.86. The van der Waals surface area contributed by atoms with Crippen LogP contribution in [0.4, 0.5) is 21.8 Å². The SMILES string of the molecule is CC(=O)N1Cc2cccc(c2)Nc2ncc(F)c(n2)N[C@@H]2[C@@H]3C[C@H](C[C@H]3C1)[C@@H]2C(=O)O. The summed E-state index contributed by atoms with van der Waals surface area (Å²) in [5.41, 5.74) is 1.68. The first kappa shape index (κ1) is 19.7. The first-order chi connectivity index (χ1) is 14.9. The molecule has 5 atom stereocenters. The summed E-state index contributed by atoms with van der Waals surface area (Å²) >= 11 is 0. The third-order valence-electron chi connectivity index (χ3n) is 6.93. The second-order valence-electron chi connectivity index (χ2n) is 8.80. The van der Waals surface area contributed by atoms with Gasteiger partial charge in [0.05, 0.1) is 12.1 Å². The van der Waals surface area contributed by atoms with E-state index >= 15 is 0 Å². The number of carbonyl (C=O) groups is 2. The highest BCUT2D eigenvalue weighted by Gasteiger charge is 2.56. The van der Waals surface area contributed by atoms with Crippen molar-refractivity contribution in [3.8, 4) is 0 Å². The molecule has 2 aliphatic carbocycles. The van der Waals surface area contributed by atoms with Gasteiger partial charge in [-0.3, -0.25) is 9.59 Å². The molecule has 1 amide bonds. The van der Waals surface area contributed by atoms with E-state index in [1.807, 2.05) is 29.2 Å². The summed E-state index contributed by atoms with van der Waals surface area (Å²) < 4.78 is 14.5. The van der Waals surface area contributed by atoms with Gasteiger partial charge in [0.15, 0.2) is 11.6 Å². The Kier molecular flexibility index (Phi) is 4.75. The molecule has 5 rings (SSSR count). The van der Waals surface area contributed by atoms with E-state index in [0.717, 1.165) is 30.3 Å². The van der Waals surface area contributed by atoms with Crippen LogP contribution in [0.25, 0.3) is 0 Å². The lowest BCUT2D eigenvalue weighted by atomic mass is 9.77. The molecule has 2 fully saturated rings. The standard InChI is InChI=1S/C22H24FN5O3/c1-11(29)28-9-12-3-2-4-15(5-12)25-22-24-8-17(23)20(27-22)26-19-16-7-13(6-14(16)10-28)18(19)21(30)31/h2-5,8,13-14,16,18-19H,6-7,9-10H2,1H3,(H,30,31)(H2,24,25,26,27)/t13-,14-,16+,18-,19+/m0/s1. The number of nitrogens with zero attached hydrogens (tertiary/aromatic N) is 3. The highest BCUT2D eigenvalue weighted by Crippen LogP contribution is 2.53. The molecule has 3 N–H and O–H groups in total. The molecule has 0 radical (unpaired) electrons. The molecule has 9 heteroatoms. The van der Waals surface area contributed by atoms with Crippen molar-refractivity contribution in [1.29, 1.82) is 0 Å². The molecule has 6 bridgehead atoms. The van der Waals surface area contributed by atoms with Crippen molar-refractivity contribution < 1.29 is 19.1 Å². The van der Waals surface area contributed by atoms with E-state index < -0.39 is 23.7 Å². The fraction of sp³-hybridized carbons (Fsp3) is 0.455. The number of fused-ring (bicyclic) bond motifs is 5. The number of amides is 1. The molecule has 162 valence electrons. The van der Waals surface area contributed by atoms with Crippen molar-refractivity contribution in [2.75, 3.05) is 17.2 Å². The lowest BCUT2D eigenvalue weighted by Gasteiger charge is -2.37. The average molecular weight is 425 g/mol. The van der Waals surface area contributed by atoms with Crippen LogP contribution >= 0.6 is 0 Å². The van der Waals surface area contributed by atoms with Crippen molar-refractivity contribution in [1.82, 2.24) is 14.9 Å². The summed E-state index contributed by atoms with van der Waals surface area (Å²) in [6.07, 6.45) is 2.59. The summed E-state index contributed by atoms with van der Waals surface area (Å²) in [5.74, 6) is -1.76. The highest BCUT2D eigenvalue weighted by molar-refractivity contribution is 5.74. The minimum absolute atomic E-state index is 0.00228. The van der Waals surface area contributed by atoms with Crippen LogP contribution in [0.2, 0.25) is 0 Å². The van der Waals surface area contributed by atoms with Crippen LogP contribution in [0.15, 0.2) is 30.5 Å². The normalized spacial score (nSPS) is 29.0. The summed E-state index contributed by atoms with van der Waals surface area (Å²) in [4.78, 5) is 34.5. The van der Waals surface area contributed by atoms with Gasteiger partial charge >= 0.3 is 5.97 Å². The summed E-state index contributed by atoms with van der Waals surface area (Å²) in [6.45, 7) is 2.58. The van der Waals surface area contributed by atoms with E-state index in [1.165, 1.54) is 0 Å². The number of rotatable bonds is 1. The Morgan fingerprint density at radius 1 is 1.26 bits per heavy atom. The molecule has 2 heterocycles. The number of carboxylic acids is 1. The minimum Gasteiger partial charge on any atom is -0.481 e. The summed E-state index contributed by atoms with van der Waals surface area (Å²) in [6, 6.07) is 7.15. The van der Waals surface area contributed by atoms with E-state index in [0.29, 0.717) is 13.1 Å². The lowest BCUT2D eigenvalue weighted by molar-refractivity contribution is -0.144. The van der Waals surface area contributed by atoms with Crippen molar-refractivity contribution in [3.63, 3.8) is 0 Å². The Hall–Kier alpha value is -3.23. The molecule has 0 unspecified atom stereocenters. The van der Waals surface area contributed by atoms with Crippen LogP contribution in [-0.4, -0.2) is 44.4 Å². The van der Waals surface area contributed by atoms with Crippen molar-refractivity contribution in [2.24, 2.45) is 23.7 Å². The topological polar surface area (TPSA) is 107 Å². The van der Waals surface area contributed by atoms with Gasteiger partial charge in [0.1, 0.15) is 0 Å². The third kappa shape index (κ3) is 3.58. The largest absolute Gasteiger partial charge is 0.481 e. The first-order valence-corrected chi connectivity index (χ1v) is 10.5. The maximum Gasteiger partial charge on any atom is 0.308 e. The monoisotopic (exact) mass is 425 g/mol. The zero-order valence-electron chi connectivity index (χ0n) is 17.1. The Bertz CT molecular complexity index is 1050. The fourth-order valence-corrected chi connectivity index (χ4v) is 5.63. The minimum atomic E-state index is -0.879. The number of aliphatic carboxylic acids is 1. The van der Waals surface area contributed by atoms with Gasteiger partial charge in [-0.15, -0.1) is 0 Å². The lowest BCUT2D eigenvalue weighted by Crippen LogP contribution is -2.46. The van der Waals surface area contributed by atoms with Crippen LogP contribution in [0.1, 0.15) is 25.3 Å². The molecule has 3 aliphatic rings. The number of hydrogen-bond donors (Lipinski definition) is 3. The van der Waals surface area contributed by atoms with E-state index in [-0.39, 0.29) is 35.4 Å². The molecule has 8 nitrogen and oxygen atoms in total. The number of hydrogen-bond acceptors (Lipinski definition) is 6. The van der Waals surface area contributed by atoms with Gasteiger partial charge in [0.2, 0.25) is 11.9 Å². The van der Waals surface area contributed by atoms with Crippen LogP contribution in [-0.2, 0) is 16.1 Å². The Morgan fingerprint density at radius 2 is 2.10 bits per heavy atom. The zero-order chi connectivity index (χ0) is 21.7. The number of carbonyl (C=O) groups excluding carboxylic acids is 1. The average Bonchev–Trinajstić information content (AvgIpc) is 3.27. The molecule has 1 aromatic carbocycles. The van der Waals surface area contributed by atoms with Crippen molar-refractivity contribution >= 4 is 29.3 Å². The predicted molar refractivity (Wildman–Crippen MR) is 111 cm³/mol. The Morgan fingerprint density at radius 3 is 2.87 bits per heavy atom. The summed E-state index contributed by atoms with van der Waals surface area (Å²) in [7, 11) is 0. The smallest absolute Gasteiger partial charge is 0.308 e. The Labute approximate surface area is 178 Å². The zero-order valence-corrected chi connectivity index (χ0v) is 17.1. The molecular formula is C22H24FN5O3. The second-order valence-corrected chi connectivity index (χ2v) is 8.80. The van der Waals surface area contributed by atoms with Gasteiger partial charge in [-0.2, -0.15) is 4.98 Å². The third-order valence-corrected chi connectivity index (χ3v) is 6.93. The number of benzene rings is 1. The molecule has 31 heavy (non-hydrogen) atoms. The first-order valence-electron chi connectivity index (χ1n) is 10.5. The van der Waals surface area contributed by atoms with E-state index in [9.17, 15) is 19.1 Å². The molecule has 0 saturated heterocycles. The molecule has 2 saturated carbocycles. The van der Waals surface area contributed by atoms with Gasteiger partial charge in [-0.1, -0.05) is 12.1 Å². The van der Waals surface area contributed by atoms with Gasteiger partial charge in [-0.25, -0.2) is 9.37 Å². The van der Waals surface area contributed by atoms with Crippen LogP contribution in [0.5, 0.6) is 0 Å². The summed E-state index contributed by atoms with van der Waals surface area (Å²) in [5, 5.41) is 16.0. The fourth-order valence-electron chi connectivity index (χ4n) is 5.63. The quantitative estimate of drug-likeness (QED) is 0.645. The number of aromatic nitrogens is 2. The maximum absolute atomic E-state index is 14.5. The van der Waals surface area contributed by atoms with Crippen molar-refractivity contribution in [3.05, 3.63) is 41.8 Å². The maximum atomic E-state index is 14.5. The molecular weight excluding hydrogens is 401 g/mol. The van der Waals surface area contributed by atoms with Crippen LogP contribution < -0.4 is 10.6 Å². The number of carboxylic acid groups (broad SMARTS) is 1. The molecule has 1 aromatic heterocycles. The second kappa shape index (κ2) is 7.47. The van der Waals surface area contributed by atoms with E-state index in [4.69, 9.17) is 0 Å². The van der Waals surface area contributed by atoms with E-state index in [1.54, 1.807) is 6.92 Å². The van der Waals surface area contributed by atoms with Gasteiger partial charge in [0, 0.05) is 31.7 Å². The highest BCUT2D eigenvalue weighted by atomic mass is 19.1. The van der Waals surface area contributed by atoms with Crippen molar-refractivity contribution in [2.45, 2.75) is 32.4 Å². The number of halogens is 1. The van der Waals surface area contributed by atoms with E-state index in [2.05, 4.69) is 20.6 Å².